The molecule has 3 rings (SSSR count). The SMILES string of the molecule is O=C(NCc1ccc(F)c(Cl)c1)c1ccc2[nH]ccc2c1. The van der Waals surface area contributed by atoms with Crippen molar-refractivity contribution >= 4 is 28.4 Å². The van der Waals surface area contributed by atoms with Gasteiger partial charge in [-0.2, -0.15) is 0 Å². The van der Waals surface area contributed by atoms with Crippen LogP contribution in [0.25, 0.3) is 10.9 Å². The number of carbonyl (C=O) groups is 1. The molecular weight excluding hydrogens is 291 g/mol. The van der Waals surface area contributed by atoms with Gasteiger partial charge in [-0.1, -0.05) is 17.7 Å². The third-order valence-corrected chi connectivity index (χ3v) is 3.54. The van der Waals surface area contributed by atoms with Crippen LogP contribution in [0.4, 0.5) is 4.39 Å². The molecule has 0 aliphatic heterocycles. The van der Waals surface area contributed by atoms with Crippen LogP contribution in [0, 0.1) is 5.82 Å². The minimum atomic E-state index is -0.468. The van der Waals surface area contributed by atoms with Gasteiger partial charge in [0.05, 0.1) is 5.02 Å². The number of carbonyl (C=O) groups excluding carboxylic acids is 1. The van der Waals surface area contributed by atoms with E-state index in [1.54, 1.807) is 12.1 Å². The highest BCUT2D eigenvalue weighted by molar-refractivity contribution is 6.30. The molecule has 2 N–H and O–H groups in total. The molecule has 0 bridgehead atoms. The lowest BCUT2D eigenvalue weighted by Crippen LogP contribution is -2.22. The van der Waals surface area contributed by atoms with Crippen molar-refractivity contribution in [2.75, 3.05) is 0 Å². The third kappa shape index (κ3) is 2.90. The van der Waals surface area contributed by atoms with Crippen LogP contribution in [0.15, 0.2) is 48.7 Å². The van der Waals surface area contributed by atoms with Crippen LogP contribution >= 0.6 is 11.6 Å². The Bertz CT molecular complexity index is 813. The van der Waals surface area contributed by atoms with Crippen LogP contribution in [0.2, 0.25) is 5.02 Å². The van der Waals surface area contributed by atoms with Gasteiger partial charge in [-0.3, -0.25) is 4.79 Å². The number of hydrogen-bond donors (Lipinski definition) is 2. The maximum Gasteiger partial charge on any atom is 0.251 e. The lowest BCUT2D eigenvalue weighted by Gasteiger charge is -2.06. The van der Waals surface area contributed by atoms with Gasteiger partial charge in [-0.05, 0) is 42.0 Å². The van der Waals surface area contributed by atoms with Crippen LogP contribution < -0.4 is 5.32 Å². The summed E-state index contributed by atoms with van der Waals surface area (Å²) < 4.78 is 13.1. The van der Waals surface area contributed by atoms with Gasteiger partial charge in [0.1, 0.15) is 5.82 Å². The number of fused-ring (bicyclic) bond motifs is 1. The zero-order valence-corrected chi connectivity index (χ0v) is 11.7. The highest BCUT2D eigenvalue weighted by atomic mass is 35.5. The van der Waals surface area contributed by atoms with Crippen molar-refractivity contribution in [3.63, 3.8) is 0 Å². The Hall–Kier alpha value is -2.33. The summed E-state index contributed by atoms with van der Waals surface area (Å²) in [6.45, 7) is 0.296. The molecule has 0 radical (unpaired) electrons. The number of H-pyrrole nitrogens is 1. The van der Waals surface area contributed by atoms with Crippen molar-refractivity contribution in [2.24, 2.45) is 0 Å². The van der Waals surface area contributed by atoms with E-state index in [0.717, 1.165) is 16.5 Å². The van der Waals surface area contributed by atoms with E-state index in [0.29, 0.717) is 12.1 Å². The van der Waals surface area contributed by atoms with E-state index in [4.69, 9.17) is 11.6 Å². The van der Waals surface area contributed by atoms with Crippen LogP contribution in [0.5, 0.6) is 0 Å². The Morgan fingerprint density at radius 3 is 2.86 bits per heavy atom. The molecule has 0 fully saturated rings. The molecular formula is C16H12ClFN2O. The number of aromatic nitrogens is 1. The van der Waals surface area contributed by atoms with Crippen LogP contribution in [-0.2, 0) is 6.54 Å². The Morgan fingerprint density at radius 2 is 2.05 bits per heavy atom. The highest BCUT2D eigenvalue weighted by Crippen LogP contribution is 2.17. The summed E-state index contributed by atoms with van der Waals surface area (Å²) in [5.74, 6) is -0.650. The molecule has 2 aromatic carbocycles. The second-order valence-corrected chi connectivity index (χ2v) is 5.12. The first kappa shape index (κ1) is 13.6. The van der Waals surface area contributed by atoms with Gasteiger partial charge < -0.3 is 10.3 Å². The first-order valence-corrected chi connectivity index (χ1v) is 6.80. The first-order chi connectivity index (χ1) is 10.1. The normalized spacial score (nSPS) is 10.8. The standard InChI is InChI=1S/C16H12ClFN2O/c17-13-7-10(1-3-14(13)18)9-20-16(21)12-2-4-15-11(8-12)5-6-19-15/h1-8,19H,9H2,(H,20,21). The highest BCUT2D eigenvalue weighted by Gasteiger charge is 2.07. The fourth-order valence-electron chi connectivity index (χ4n) is 2.13. The molecule has 0 spiro atoms. The topological polar surface area (TPSA) is 44.9 Å². The molecule has 1 amide bonds. The van der Waals surface area contributed by atoms with E-state index >= 15 is 0 Å². The number of benzene rings is 2. The molecule has 1 aromatic heterocycles. The van der Waals surface area contributed by atoms with Crippen LogP contribution in [0.1, 0.15) is 15.9 Å². The molecule has 5 heteroatoms. The molecule has 21 heavy (non-hydrogen) atoms. The maximum atomic E-state index is 13.1. The van der Waals surface area contributed by atoms with Crippen molar-refractivity contribution in [2.45, 2.75) is 6.54 Å². The molecule has 106 valence electrons. The summed E-state index contributed by atoms with van der Waals surface area (Å²) in [5, 5.41) is 3.82. The molecule has 0 atom stereocenters. The maximum absolute atomic E-state index is 13.1. The van der Waals surface area contributed by atoms with Gasteiger partial charge in [0.25, 0.3) is 5.91 Å². The Labute approximate surface area is 125 Å². The smallest absolute Gasteiger partial charge is 0.251 e. The Kier molecular flexibility index (Phi) is 3.62. The zero-order chi connectivity index (χ0) is 14.8. The molecule has 3 aromatic rings. The van der Waals surface area contributed by atoms with Gasteiger partial charge in [0.2, 0.25) is 0 Å². The average molecular weight is 303 g/mol. The van der Waals surface area contributed by atoms with E-state index in [1.165, 1.54) is 12.1 Å². The number of nitrogens with one attached hydrogen (secondary N) is 2. The number of amides is 1. The van der Waals surface area contributed by atoms with Gasteiger partial charge in [0.15, 0.2) is 0 Å². The lowest BCUT2D eigenvalue weighted by molar-refractivity contribution is 0.0951. The average Bonchev–Trinajstić information content (AvgIpc) is 2.95. The second kappa shape index (κ2) is 5.58. The number of aromatic amines is 1. The molecule has 0 aliphatic rings. The molecule has 0 aliphatic carbocycles. The van der Waals surface area contributed by atoms with Crippen LogP contribution in [-0.4, -0.2) is 10.9 Å². The van der Waals surface area contributed by atoms with Gasteiger partial charge >= 0.3 is 0 Å². The van der Waals surface area contributed by atoms with Crippen molar-refractivity contribution in [1.29, 1.82) is 0 Å². The number of hydrogen-bond acceptors (Lipinski definition) is 1. The van der Waals surface area contributed by atoms with E-state index in [-0.39, 0.29) is 10.9 Å². The van der Waals surface area contributed by atoms with Crippen molar-refractivity contribution < 1.29 is 9.18 Å². The molecule has 0 saturated carbocycles. The van der Waals surface area contributed by atoms with Crippen LogP contribution in [0.3, 0.4) is 0 Å². The predicted molar refractivity (Wildman–Crippen MR) is 80.9 cm³/mol. The van der Waals surface area contributed by atoms with Crippen molar-refractivity contribution in [1.82, 2.24) is 10.3 Å². The summed E-state index contributed by atoms with van der Waals surface area (Å²) in [5.41, 5.74) is 2.31. The summed E-state index contributed by atoms with van der Waals surface area (Å²) >= 11 is 5.71. The Balaban J connectivity index is 1.72. The summed E-state index contributed by atoms with van der Waals surface area (Å²) in [6.07, 6.45) is 1.83. The number of rotatable bonds is 3. The Morgan fingerprint density at radius 1 is 1.19 bits per heavy atom. The zero-order valence-electron chi connectivity index (χ0n) is 11.0. The van der Waals surface area contributed by atoms with E-state index in [1.807, 2.05) is 24.4 Å². The minimum Gasteiger partial charge on any atom is -0.361 e. The number of halogens is 2. The van der Waals surface area contributed by atoms with Gasteiger partial charge in [-0.15, -0.1) is 0 Å². The van der Waals surface area contributed by atoms with E-state index in [9.17, 15) is 9.18 Å². The minimum absolute atomic E-state index is 0.0514. The predicted octanol–water partition coefficient (Wildman–Crippen LogP) is 3.89. The largest absolute Gasteiger partial charge is 0.361 e. The molecule has 0 saturated heterocycles. The summed E-state index contributed by atoms with van der Waals surface area (Å²) in [4.78, 5) is 15.2. The summed E-state index contributed by atoms with van der Waals surface area (Å²) in [6, 6.07) is 11.7. The molecule has 3 nitrogen and oxygen atoms in total. The third-order valence-electron chi connectivity index (χ3n) is 3.25. The van der Waals surface area contributed by atoms with Crippen molar-refractivity contribution in [3.05, 3.63) is 70.6 Å². The quantitative estimate of drug-likeness (QED) is 0.757. The van der Waals surface area contributed by atoms with Gasteiger partial charge in [0, 0.05) is 29.2 Å². The first-order valence-electron chi connectivity index (χ1n) is 6.43. The van der Waals surface area contributed by atoms with E-state index in [2.05, 4.69) is 10.3 Å². The van der Waals surface area contributed by atoms with E-state index < -0.39 is 5.82 Å². The molecule has 0 unspecified atom stereocenters. The monoisotopic (exact) mass is 302 g/mol. The molecule has 1 heterocycles. The van der Waals surface area contributed by atoms with Gasteiger partial charge in [-0.25, -0.2) is 4.39 Å². The fourth-order valence-corrected chi connectivity index (χ4v) is 2.33. The second-order valence-electron chi connectivity index (χ2n) is 4.71. The van der Waals surface area contributed by atoms with Crippen molar-refractivity contribution in [3.8, 4) is 0 Å². The lowest BCUT2D eigenvalue weighted by atomic mass is 10.1. The fraction of sp³-hybridized carbons (Fsp3) is 0.0625. The summed E-state index contributed by atoms with van der Waals surface area (Å²) in [7, 11) is 0.